The van der Waals surface area contributed by atoms with Crippen LogP contribution in [0, 0.1) is 0 Å². The fourth-order valence-corrected chi connectivity index (χ4v) is 3.73. The predicted octanol–water partition coefficient (Wildman–Crippen LogP) is 4.28. The molecule has 1 aliphatic carbocycles. The monoisotopic (exact) mass is 360 g/mol. The van der Waals surface area contributed by atoms with Crippen molar-refractivity contribution in [3.8, 4) is 0 Å². The Balaban J connectivity index is 1.73. The molecule has 1 heterocycles. The van der Waals surface area contributed by atoms with E-state index in [1.165, 1.54) is 16.9 Å². The van der Waals surface area contributed by atoms with Crippen LogP contribution in [-0.2, 0) is 16.0 Å². The second-order valence-corrected chi connectivity index (χ2v) is 7.26. The Labute approximate surface area is 154 Å². The van der Waals surface area contributed by atoms with Crippen LogP contribution in [0.2, 0.25) is 0 Å². The molecule has 1 saturated carbocycles. The lowest BCUT2D eigenvalue weighted by Gasteiger charge is -2.24. The van der Waals surface area contributed by atoms with E-state index in [1.54, 1.807) is 0 Å². The second kappa shape index (κ2) is 8.05. The van der Waals surface area contributed by atoms with Crippen LogP contribution in [0.3, 0.4) is 0 Å². The Morgan fingerprint density at radius 1 is 1.08 bits per heavy atom. The van der Waals surface area contributed by atoms with Crippen LogP contribution in [0.1, 0.15) is 57.4 Å². The van der Waals surface area contributed by atoms with Crippen molar-refractivity contribution in [2.75, 3.05) is 4.90 Å². The summed E-state index contributed by atoms with van der Waals surface area (Å²) in [5.41, 5.74) is 2.05. The number of imide groups is 1. The van der Waals surface area contributed by atoms with E-state index >= 15 is 0 Å². The van der Waals surface area contributed by atoms with Gasteiger partial charge in [0.25, 0.3) is 11.8 Å². The quantitative estimate of drug-likeness (QED) is 0.770. The van der Waals surface area contributed by atoms with Gasteiger partial charge in [-0.3, -0.25) is 9.59 Å². The van der Waals surface area contributed by atoms with E-state index in [9.17, 15) is 9.59 Å². The molecule has 1 N–H and O–H groups in total. The number of benzene rings is 1. The summed E-state index contributed by atoms with van der Waals surface area (Å²) >= 11 is 6.19. The number of amides is 2. The molecule has 0 aromatic heterocycles. The summed E-state index contributed by atoms with van der Waals surface area (Å²) in [7, 11) is 0. The molecule has 1 aromatic carbocycles. The zero-order chi connectivity index (χ0) is 17.8. The van der Waals surface area contributed by atoms with Gasteiger partial charge in [-0.25, -0.2) is 4.90 Å². The van der Waals surface area contributed by atoms with Crippen LogP contribution in [0.4, 0.5) is 5.69 Å². The summed E-state index contributed by atoms with van der Waals surface area (Å²) in [5.74, 6) is -0.784. The summed E-state index contributed by atoms with van der Waals surface area (Å²) in [6, 6.07) is 7.84. The molecule has 0 radical (unpaired) electrons. The van der Waals surface area contributed by atoms with E-state index in [4.69, 9.17) is 11.6 Å². The van der Waals surface area contributed by atoms with Crippen molar-refractivity contribution >= 4 is 29.1 Å². The molecule has 0 atom stereocenters. The van der Waals surface area contributed by atoms with Crippen LogP contribution < -0.4 is 10.2 Å². The van der Waals surface area contributed by atoms with E-state index in [-0.39, 0.29) is 22.7 Å². The molecule has 1 aromatic rings. The van der Waals surface area contributed by atoms with Gasteiger partial charge in [0.2, 0.25) is 0 Å². The average Bonchev–Trinajstić information content (AvgIpc) is 2.85. The SMILES string of the molecule is CCCCc1ccc(N2C(=O)C(Cl)=C(NC3CCCCC3)C2=O)cc1. The Bertz CT molecular complexity index is 675. The molecular weight excluding hydrogens is 336 g/mol. The van der Waals surface area contributed by atoms with Gasteiger partial charge in [0.05, 0.1) is 5.69 Å². The maximum absolute atomic E-state index is 12.8. The normalized spacial score (nSPS) is 19.0. The van der Waals surface area contributed by atoms with Crippen molar-refractivity contribution < 1.29 is 9.59 Å². The maximum Gasteiger partial charge on any atom is 0.283 e. The van der Waals surface area contributed by atoms with Gasteiger partial charge in [-0.2, -0.15) is 0 Å². The van der Waals surface area contributed by atoms with Gasteiger partial charge >= 0.3 is 0 Å². The zero-order valence-electron chi connectivity index (χ0n) is 14.7. The number of rotatable bonds is 6. The zero-order valence-corrected chi connectivity index (χ0v) is 15.4. The van der Waals surface area contributed by atoms with Gasteiger partial charge in [-0.15, -0.1) is 0 Å². The number of unbranched alkanes of at least 4 members (excludes halogenated alkanes) is 1. The highest BCUT2D eigenvalue weighted by molar-refractivity contribution is 6.52. The first-order valence-electron chi connectivity index (χ1n) is 9.26. The average molecular weight is 361 g/mol. The molecule has 134 valence electrons. The number of aryl methyl sites for hydroxylation is 1. The summed E-state index contributed by atoms with van der Waals surface area (Å²) < 4.78 is 0. The third-order valence-corrected chi connectivity index (χ3v) is 5.35. The first-order valence-corrected chi connectivity index (χ1v) is 9.63. The van der Waals surface area contributed by atoms with Crippen LogP contribution in [-0.4, -0.2) is 17.9 Å². The van der Waals surface area contributed by atoms with Crippen LogP contribution in [0.25, 0.3) is 0 Å². The van der Waals surface area contributed by atoms with Gasteiger partial charge < -0.3 is 5.32 Å². The summed E-state index contributed by atoms with van der Waals surface area (Å²) in [6.45, 7) is 2.16. The lowest BCUT2D eigenvalue weighted by molar-refractivity contribution is -0.120. The second-order valence-electron chi connectivity index (χ2n) is 6.88. The number of nitrogens with one attached hydrogen (secondary N) is 1. The standard InChI is InChI=1S/C20H25ClN2O2/c1-2-3-7-14-10-12-16(13-11-14)23-19(24)17(21)18(20(23)25)22-15-8-5-4-6-9-15/h10-13,15,22H,2-9H2,1H3. The first kappa shape index (κ1) is 18.0. The summed E-state index contributed by atoms with van der Waals surface area (Å²) in [6.07, 6.45) is 8.83. The summed E-state index contributed by atoms with van der Waals surface area (Å²) in [4.78, 5) is 26.4. The van der Waals surface area contributed by atoms with Crippen LogP contribution >= 0.6 is 11.6 Å². The first-order chi connectivity index (χ1) is 12.1. The fourth-order valence-electron chi connectivity index (χ4n) is 3.51. The Morgan fingerprint density at radius 2 is 1.76 bits per heavy atom. The van der Waals surface area contributed by atoms with E-state index in [0.717, 1.165) is 44.9 Å². The molecule has 0 spiro atoms. The molecule has 1 fully saturated rings. The number of hydrogen-bond acceptors (Lipinski definition) is 3. The van der Waals surface area contributed by atoms with Crippen molar-refractivity contribution in [1.29, 1.82) is 0 Å². The minimum atomic E-state index is -0.439. The Morgan fingerprint density at radius 3 is 2.40 bits per heavy atom. The molecule has 3 rings (SSSR count). The van der Waals surface area contributed by atoms with Crippen molar-refractivity contribution in [2.45, 2.75) is 64.3 Å². The van der Waals surface area contributed by atoms with Gasteiger partial charge in [0.15, 0.2) is 0 Å². The lowest BCUT2D eigenvalue weighted by atomic mass is 9.95. The predicted molar refractivity (Wildman–Crippen MR) is 100 cm³/mol. The van der Waals surface area contributed by atoms with E-state index in [2.05, 4.69) is 12.2 Å². The molecular formula is C20H25ClN2O2. The minimum Gasteiger partial charge on any atom is -0.376 e. The molecule has 0 bridgehead atoms. The highest BCUT2D eigenvalue weighted by atomic mass is 35.5. The molecule has 4 nitrogen and oxygen atoms in total. The highest BCUT2D eigenvalue weighted by Gasteiger charge is 2.39. The molecule has 5 heteroatoms. The van der Waals surface area contributed by atoms with Crippen LogP contribution in [0.15, 0.2) is 35.0 Å². The number of hydrogen-bond donors (Lipinski definition) is 1. The van der Waals surface area contributed by atoms with Gasteiger partial charge in [-0.05, 0) is 43.4 Å². The molecule has 1 aliphatic heterocycles. The Kier molecular flexibility index (Phi) is 5.79. The molecule has 2 aliphatic rings. The molecule has 0 unspecified atom stereocenters. The number of nitrogens with zero attached hydrogens (tertiary/aromatic N) is 1. The van der Waals surface area contributed by atoms with Crippen molar-refractivity contribution in [3.05, 3.63) is 40.6 Å². The van der Waals surface area contributed by atoms with Crippen LogP contribution in [0.5, 0.6) is 0 Å². The van der Waals surface area contributed by atoms with Crippen molar-refractivity contribution in [2.24, 2.45) is 0 Å². The Hall–Kier alpha value is -1.81. The minimum absolute atomic E-state index is 0.00522. The number of carbonyl (C=O) groups excluding carboxylic acids is 2. The van der Waals surface area contributed by atoms with Gasteiger partial charge in [-0.1, -0.05) is 56.3 Å². The third kappa shape index (κ3) is 3.90. The molecule has 25 heavy (non-hydrogen) atoms. The fraction of sp³-hybridized carbons (Fsp3) is 0.500. The number of carbonyl (C=O) groups is 2. The van der Waals surface area contributed by atoms with E-state index in [1.807, 2.05) is 24.3 Å². The van der Waals surface area contributed by atoms with Gasteiger partial charge in [0, 0.05) is 6.04 Å². The van der Waals surface area contributed by atoms with E-state index < -0.39 is 5.91 Å². The smallest absolute Gasteiger partial charge is 0.283 e. The third-order valence-electron chi connectivity index (χ3n) is 4.99. The highest BCUT2D eigenvalue weighted by Crippen LogP contribution is 2.30. The van der Waals surface area contributed by atoms with E-state index in [0.29, 0.717) is 5.69 Å². The van der Waals surface area contributed by atoms with Gasteiger partial charge in [0.1, 0.15) is 10.7 Å². The molecule has 0 saturated heterocycles. The van der Waals surface area contributed by atoms with Crippen molar-refractivity contribution in [1.82, 2.24) is 5.32 Å². The maximum atomic E-state index is 12.8. The summed E-state index contributed by atoms with van der Waals surface area (Å²) in [5, 5.41) is 3.23. The molecule has 2 amide bonds. The number of anilines is 1. The van der Waals surface area contributed by atoms with Crippen molar-refractivity contribution in [3.63, 3.8) is 0 Å². The largest absolute Gasteiger partial charge is 0.376 e. The lowest BCUT2D eigenvalue weighted by Crippen LogP contribution is -2.37. The number of halogens is 1. The topological polar surface area (TPSA) is 49.4 Å².